The minimum atomic E-state index is -0.226. The summed E-state index contributed by atoms with van der Waals surface area (Å²) in [7, 11) is 0. The van der Waals surface area contributed by atoms with E-state index in [0.717, 1.165) is 0 Å². The van der Waals surface area contributed by atoms with E-state index in [2.05, 4.69) is 37.2 Å². The molecule has 0 aliphatic carbocycles. The van der Waals surface area contributed by atoms with E-state index < -0.39 is 0 Å². The van der Waals surface area contributed by atoms with E-state index in [-0.39, 0.29) is 10.6 Å². The summed E-state index contributed by atoms with van der Waals surface area (Å²) in [6.07, 6.45) is 5.00. The number of nitrogens with zero attached hydrogens (tertiary/aromatic N) is 3. The van der Waals surface area contributed by atoms with Gasteiger partial charge in [0.2, 0.25) is 0 Å². The summed E-state index contributed by atoms with van der Waals surface area (Å²) in [4.78, 5) is 15.8. The van der Waals surface area contributed by atoms with Crippen molar-refractivity contribution in [1.82, 2.24) is 19.5 Å². The number of halogens is 2. The van der Waals surface area contributed by atoms with Gasteiger partial charge in [0.15, 0.2) is 0 Å². The maximum Gasteiger partial charge on any atom is 0.276 e. The topological polar surface area (TPSA) is 63.6 Å². The second-order valence-corrected chi connectivity index (χ2v) is 5.13. The Morgan fingerprint density at radius 3 is 3.00 bits per heavy atom. The van der Waals surface area contributed by atoms with Crippen LogP contribution in [-0.2, 0) is 0 Å². The SMILES string of the molecule is O=c1c(Cl)c(-c2cn[nH]c2)ncn1PI. The van der Waals surface area contributed by atoms with Crippen LogP contribution in [0.25, 0.3) is 11.3 Å². The molecule has 0 spiro atoms. The molecule has 2 rings (SSSR count). The zero-order chi connectivity index (χ0) is 10.8. The molecule has 0 aliphatic rings. The van der Waals surface area contributed by atoms with Crippen molar-refractivity contribution in [2.75, 3.05) is 0 Å². The van der Waals surface area contributed by atoms with Crippen LogP contribution in [0.3, 0.4) is 0 Å². The molecule has 0 aliphatic heterocycles. The Bertz CT molecular complexity index is 526. The minimum absolute atomic E-state index is 0.128. The van der Waals surface area contributed by atoms with Gasteiger partial charge in [0.25, 0.3) is 5.56 Å². The van der Waals surface area contributed by atoms with E-state index in [0.29, 0.717) is 17.6 Å². The van der Waals surface area contributed by atoms with Gasteiger partial charge in [-0.05, 0) is 22.0 Å². The molecule has 1 N–H and O–H groups in total. The van der Waals surface area contributed by atoms with Crippen molar-refractivity contribution in [2.24, 2.45) is 0 Å². The van der Waals surface area contributed by atoms with Crippen LogP contribution in [-0.4, -0.2) is 19.5 Å². The van der Waals surface area contributed by atoms with Gasteiger partial charge in [0.05, 0.1) is 18.3 Å². The number of rotatable bonds is 2. The Morgan fingerprint density at radius 2 is 2.40 bits per heavy atom. The summed E-state index contributed by atoms with van der Waals surface area (Å²) in [6.45, 7) is 0. The summed E-state index contributed by atoms with van der Waals surface area (Å²) in [5, 5.41) is 6.55. The molecule has 0 saturated heterocycles. The first-order valence-electron chi connectivity index (χ1n) is 3.87. The van der Waals surface area contributed by atoms with Crippen molar-refractivity contribution in [3.63, 3.8) is 0 Å². The first-order chi connectivity index (χ1) is 7.24. The lowest BCUT2D eigenvalue weighted by molar-refractivity contribution is 1.06. The summed E-state index contributed by atoms with van der Waals surface area (Å²) in [5.41, 5.74) is 0.943. The molecule has 1 atom stereocenters. The van der Waals surface area contributed by atoms with Crippen LogP contribution >= 0.6 is 40.0 Å². The predicted octanol–water partition coefficient (Wildman–Crippen LogP) is 2.08. The van der Waals surface area contributed by atoms with Crippen molar-refractivity contribution >= 4 is 40.0 Å². The van der Waals surface area contributed by atoms with Crippen molar-refractivity contribution < 1.29 is 0 Å². The Labute approximate surface area is 105 Å². The van der Waals surface area contributed by atoms with Crippen LogP contribution in [0.4, 0.5) is 0 Å². The lowest BCUT2D eigenvalue weighted by Gasteiger charge is -2.03. The number of H-pyrrole nitrogens is 1. The van der Waals surface area contributed by atoms with Crippen molar-refractivity contribution in [3.8, 4) is 11.3 Å². The van der Waals surface area contributed by atoms with Crippen LogP contribution in [0.2, 0.25) is 5.02 Å². The van der Waals surface area contributed by atoms with Gasteiger partial charge in [-0.1, -0.05) is 11.6 Å². The zero-order valence-corrected chi connectivity index (χ0v) is 11.2. The minimum Gasteiger partial charge on any atom is -0.285 e. The average Bonchev–Trinajstić information content (AvgIpc) is 2.75. The van der Waals surface area contributed by atoms with Gasteiger partial charge in [0, 0.05) is 11.8 Å². The number of aromatic nitrogens is 4. The zero-order valence-electron chi connectivity index (χ0n) is 7.24. The molecule has 2 aromatic rings. The highest BCUT2D eigenvalue weighted by atomic mass is 127. The lowest BCUT2D eigenvalue weighted by Crippen LogP contribution is -2.14. The molecule has 0 saturated carbocycles. The monoisotopic (exact) mass is 354 g/mol. The summed E-state index contributed by atoms with van der Waals surface area (Å²) < 4.78 is 1.46. The fourth-order valence-electron chi connectivity index (χ4n) is 1.07. The molecule has 0 amide bonds. The van der Waals surface area contributed by atoms with E-state index in [4.69, 9.17) is 11.6 Å². The van der Waals surface area contributed by atoms with E-state index >= 15 is 0 Å². The fraction of sp³-hybridized carbons (Fsp3) is 0. The first kappa shape index (κ1) is 11.0. The molecular weight excluding hydrogens is 349 g/mol. The number of hydrogen-bond acceptors (Lipinski definition) is 3. The van der Waals surface area contributed by atoms with Crippen molar-refractivity contribution in [2.45, 2.75) is 0 Å². The smallest absolute Gasteiger partial charge is 0.276 e. The standard InChI is InChI=1S/C7H5ClIN4OP/c8-5-6(4-1-11-12-2-4)10-3-13(15-9)7(5)14/h1-3,15H,(H,11,12). The highest BCUT2D eigenvalue weighted by Gasteiger charge is 2.11. The predicted molar refractivity (Wildman–Crippen MR) is 68.8 cm³/mol. The Balaban J connectivity index is 2.62. The molecule has 5 nitrogen and oxygen atoms in total. The van der Waals surface area contributed by atoms with E-state index in [1.165, 1.54) is 10.7 Å². The molecule has 0 fully saturated rings. The molecule has 2 heterocycles. The summed E-state index contributed by atoms with van der Waals surface area (Å²) in [6, 6.07) is 0. The van der Waals surface area contributed by atoms with Gasteiger partial charge in [-0.2, -0.15) is 5.10 Å². The van der Waals surface area contributed by atoms with Gasteiger partial charge in [-0.25, -0.2) is 4.98 Å². The van der Waals surface area contributed by atoms with Gasteiger partial charge in [-0.3, -0.25) is 14.2 Å². The average molecular weight is 354 g/mol. The van der Waals surface area contributed by atoms with Crippen LogP contribution in [0.1, 0.15) is 0 Å². The molecule has 0 aromatic carbocycles. The van der Waals surface area contributed by atoms with Crippen LogP contribution in [0.15, 0.2) is 23.5 Å². The van der Waals surface area contributed by atoms with Gasteiger partial charge < -0.3 is 0 Å². The fourth-order valence-corrected chi connectivity index (χ4v) is 2.71. The normalized spacial score (nSPS) is 11.3. The molecule has 78 valence electrons. The molecule has 8 heteroatoms. The van der Waals surface area contributed by atoms with Gasteiger partial charge in [-0.15, -0.1) is 0 Å². The number of nitrogens with one attached hydrogen (secondary N) is 1. The Morgan fingerprint density at radius 1 is 1.60 bits per heavy atom. The van der Waals surface area contributed by atoms with Crippen LogP contribution < -0.4 is 5.56 Å². The number of hydrogen-bond donors (Lipinski definition) is 1. The molecule has 0 bridgehead atoms. The maximum atomic E-state index is 11.7. The summed E-state index contributed by atoms with van der Waals surface area (Å²) >= 11 is 8.03. The number of aromatic amines is 1. The third-order valence-electron chi connectivity index (χ3n) is 1.78. The molecule has 0 radical (unpaired) electrons. The van der Waals surface area contributed by atoms with E-state index in [9.17, 15) is 4.79 Å². The second-order valence-electron chi connectivity index (χ2n) is 2.65. The Hall–Kier alpha value is -0.460. The van der Waals surface area contributed by atoms with Crippen molar-refractivity contribution in [1.29, 1.82) is 0 Å². The highest BCUT2D eigenvalue weighted by molar-refractivity contribution is 14.2. The van der Waals surface area contributed by atoms with Gasteiger partial charge in [0.1, 0.15) is 11.3 Å². The van der Waals surface area contributed by atoms with Crippen LogP contribution in [0.5, 0.6) is 0 Å². The molecule has 1 unspecified atom stereocenters. The van der Waals surface area contributed by atoms with E-state index in [1.54, 1.807) is 12.4 Å². The van der Waals surface area contributed by atoms with E-state index in [1.807, 2.05) is 0 Å². The third kappa shape index (κ3) is 2.07. The first-order valence-corrected chi connectivity index (χ1v) is 8.31. The third-order valence-corrected chi connectivity index (χ3v) is 4.18. The quantitative estimate of drug-likeness (QED) is 0.663. The van der Waals surface area contributed by atoms with Crippen LogP contribution in [0, 0.1) is 0 Å². The highest BCUT2D eigenvalue weighted by Crippen LogP contribution is 2.25. The summed E-state index contributed by atoms with van der Waals surface area (Å²) in [5.74, 6) is 0. The van der Waals surface area contributed by atoms with Crippen molar-refractivity contribution in [3.05, 3.63) is 34.1 Å². The molecule has 15 heavy (non-hydrogen) atoms. The molecule has 2 aromatic heterocycles. The largest absolute Gasteiger partial charge is 0.285 e. The molecular formula is C7H5ClIN4OP. The Kier molecular flexibility index (Phi) is 3.38. The lowest BCUT2D eigenvalue weighted by atomic mass is 10.2. The second kappa shape index (κ2) is 4.59. The van der Waals surface area contributed by atoms with Gasteiger partial charge >= 0.3 is 0 Å². The maximum absolute atomic E-state index is 11.7.